The van der Waals surface area contributed by atoms with E-state index in [1.165, 1.54) is 0 Å². The summed E-state index contributed by atoms with van der Waals surface area (Å²) < 4.78 is 19.9. The Balaban J connectivity index is 0.000000257. The van der Waals surface area contributed by atoms with Gasteiger partial charge in [-0.15, -0.1) is 0 Å². The molecule has 3 aromatic rings. The van der Waals surface area contributed by atoms with Crippen molar-refractivity contribution in [2.75, 3.05) is 33.3 Å². The first-order chi connectivity index (χ1) is 22.3. The van der Waals surface area contributed by atoms with Crippen molar-refractivity contribution in [2.45, 2.75) is 66.0 Å². The predicted molar refractivity (Wildman–Crippen MR) is 182 cm³/mol. The SMILES string of the molecule is COC1CN(CCc2cccc(C(=O)NCCC(C)C)n2)C1.Cc1cc(-c2c(C)cc(Cl)cc2C)cc([C@H](CC(=O)O)NC=O)c1F. The number of benzene rings is 2. The van der Waals surface area contributed by atoms with Crippen LogP contribution in [0.4, 0.5) is 4.39 Å². The van der Waals surface area contributed by atoms with E-state index < -0.39 is 24.2 Å². The van der Waals surface area contributed by atoms with E-state index in [2.05, 4.69) is 34.4 Å². The molecule has 0 radical (unpaired) electrons. The molecule has 0 bridgehead atoms. The molecule has 3 N–H and O–H groups in total. The number of aliphatic carboxylic acids is 1. The van der Waals surface area contributed by atoms with Crippen LogP contribution in [0.15, 0.2) is 42.5 Å². The molecule has 2 amide bonds. The van der Waals surface area contributed by atoms with E-state index in [0.29, 0.717) is 41.3 Å². The van der Waals surface area contributed by atoms with Crippen molar-refractivity contribution in [3.63, 3.8) is 0 Å². The molecule has 47 heavy (non-hydrogen) atoms. The monoisotopic (exact) mass is 668 g/mol. The number of nitrogens with one attached hydrogen (secondary N) is 2. The fourth-order valence-corrected chi connectivity index (χ4v) is 5.84. The van der Waals surface area contributed by atoms with Gasteiger partial charge in [-0.05, 0) is 97.3 Å². The molecule has 1 fully saturated rings. The summed E-state index contributed by atoms with van der Waals surface area (Å²) in [5.41, 5.74) is 5.54. The minimum atomic E-state index is -1.12. The number of aromatic nitrogens is 1. The summed E-state index contributed by atoms with van der Waals surface area (Å²) >= 11 is 6.07. The third-order valence-electron chi connectivity index (χ3n) is 8.08. The number of carboxylic acid groups (broad SMARTS) is 1. The number of ether oxygens (including phenoxy) is 1. The van der Waals surface area contributed by atoms with E-state index in [4.69, 9.17) is 21.4 Å². The molecule has 1 atom stereocenters. The number of halogens is 2. The van der Waals surface area contributed by atoms with Crippen molar-refractivity contribution in [1.82, 2.24) is 20.5 Å². The van der Waals surface area contributed by atoms with E-state index in [0.717, 1.165) is 60.4 Å². The Morgan fingerprint density at radius 2 is 1.81 bits per heavy atom. The molecule has 1 aliphatic heterocycles. The van der Waals surface area contributed by atoms with Crippen LogP contribution in [-0.4, -0.2) is 72.7 Å². The number of likely N-dealkylation sites (tertiary alicyclic amines) is 1. The van der Waals surface area contributed by atoms with E-state index in [-0.39, 0.29) is 11.5 Å². The Hall–Kier alpha value is -3.86. The molecule has 9 nitrogen and oxygen atoms in total. The Labute approximate surface area is 281 Å². The molecule has 1 saturated heterocycles. The Morgan fingerprint density at radius 3 is 2.40 bits per heavy atom. The second-order valence-electron chi connectivity index (χ2n) is 12.4. The van der Waals surface area contributed by atoms with Crippen molar-refractivity contribution in [1.29, 1.82) is 0 Å². The number of hydrogen-bond acceptors (Lipinski definition) is 6. The zero-order valence-corrected chi connectivity index (χ0v) is 28.8. The number of nitrogens with zero attached hydrogens (tertiary/aromatic N) is 2. The maximum Gasteiger partial charge on any atom is 0.305 e. The largest absolute Gasteiger partial charge is 0.481 e. The van der Waals surface area contributed by atoms with Gasteiger partial charge in [0, 0.05) is 56.0 Å². The molecule has 0 saturated carbocycles. The molecule has 1 aliphatic rings. The van der Waals surface area contributed by atoms with Crippen molar-refractivity contribution in [3.05, 3.63) is 86.9 Å². The molecule has 2 heterocycles. The van der Waals surface area contributed by atoms with Gasteiger partial charge in [0.15, 0.2) is 0 Å². The first kappa shape index (κ1) is 37.6. The summed E-state index contributed by atoms with van der Waals surface area (Å²) in [6, 6.07) is 11.7. The van der Waals surface area contributed by atoms with Crippen molar-refractivity contribution >= 4 is 29.9 Å². The number of carbonyl (C=O) groups is 3. The van der Waals surface area contributed by atoms with Crippen LogP contribution in [-0.2, 0) is 20.7 Å². The van der Waals surface area contributed by atoms with Gasteiger partial charge in [0.25, 0.3) is 5.91 Å². The van der Waals surface area contributed by atoms with Gasteiger partial charge < -0.3 is 20.5 Å². The minimum absolute atomic E-state index is 0.0779. The Bertz CT molecular complexity index is 1520. The number of pyridine rings is 1. The maximum absolute atomic E-state index is 14.6. The van der Waals surface area contributed by atoms with Crippen LogP contribution in [0.3, 0.4) is 0 Å². The number of aryl methyl sites for hydroxylation is 3. The van der Waals surface area contributed by atoms with Gasteiger partial charge in [-0.25, -0.2) is 9.37 Å². The maximum atomic E-state index is 14.6. The number of hydrogen-bond donors (Lipinski definition) is 3. The fraction of sp³-hybridized carbons (Fsp3) is 0.444. The van der Waals surface area contributed by atoms with Crippen LogP contribution in [0.25, 0.3) is 11.1 Å². The number of amides is 2. The number of rotatable bonds is 14. The molecule has 0 aliphatic carbocycles. The van der Waals surface area contributed by atoms with E-state index in [9.17, 15) is 18.8 Å². The summed E-state index contributed by atoms with van der Waals surface area (Å²) in [7, 11) is 1.75. The fourth-order valence-electron chi connectivity index (χ4n) is 5.51. The van der Waals surface area contributed by atoms with Crippen LogP contribution in [0, 0.1) is 32.5 Å². The summed E-state index contributed by atoms with van der Waals surface area (Å²) in [4.78, 5) is 40.8. The lowest BCUT2D eigenvalue weighted by atomic mass is 9.90. The summed E-state index contributed by atoms with van der Waals surface area (Å²) in [5.74, 6) is -1.13. The van der Waals surface area contributed by atoms with Gasteiger partial charge >= 0.3 is 5.97 Å². The van der Waals surface area contributed by atoms with E-state index in [1.54, 1.807) is 32.2 Å². The van der Waals surface area contributed by atoms with Gasteiger partial charge in [0.1, 0.15) is 11.5 Å². The second kappa shape index (κ2) is 17.9. The molecule has 1 aromatic heterocycles. The van der Waals surface area contributed by atoms with Crippen LogP contribution in [0.5, 0.6) is 0 Å². The number of carbonyl (C=O) groups excluding carboxylic acids is 2. The highest BCUT2D eigenvalue weighted by molar-refractivity contribution is 6.30. The molecular formula is C36H46ClFN4O5. The van der Waals surface area contributed by atoms with Crippen LogP contribution in [0.1, 0.15) is 71.2 Å². The lowest BCUT2D eigenvalue weighted by Gasteiger charge is -2.38. The quantitative estimate of drug-likeness (QED) is 0.179. The third kappa shape index (κ3) is 11.1. The van der Waals surface area contributed by atoms with Crippen molar-refractivity contribution in [3.8, 4) is 11.1 Å². The molecule has 4 rings (SSSR count). The Morgan fingerprint density at radius 1 is 1.13 bits per heavy atom. The van der Waals surface area contributed by atoms with Gasteiger partial charge in [-0.1, -0.05) is 31.5 Å². The van der Waals surface area contributed by atoms with Gasteiger partial charge in [-0.3, -0.25) is 19.3 Å². The zero-order chi connectivity index (χ0) is 34.7. The van der Waals surface area contributed by atoms with Crippen molar-refractivity contribution in [2.24, 2.45) is 5.92 Å². The average molecular weight is 669 g/mol. The van der Waals surface area contributed by atoms with Crippen LogP contribution < -0.4 is 10.6 Å². The lowest BCUT2D eigenvalue weighted by molar-refractivity contribution is -0.137. The summed E-state index contributed by atoms with van der Waals surface area (Å²) in [5, 5.41) is 15.0. The summed E-state index contributed by atoms with van der Waals surface area (Å²) in [6.07, 6.45) is 2.21. The normalized spacial score (nSPS) is 13.7. The van der Waals surface area contributed by atoms with Gasteiger partial charge in [0.2, 0.25) is 6.41 Å². The first-order valence-corrected chi connectivity index (χ1v) is 16.2. The highest BCUT2D eigenvalue weighted by atomic mass is 35.5. The molecule has 11 heteroatoms. The van der Waals surface area contributed by atoms with E-state index >= 15 is 0 Å². The van der Waals surface area contributed by atoms with Crippen molar-refractivity contribution < 1.29 is 28.6 Å². The van der Waals surface area contributed by atoms with Gasteiger partial charge in [-0.2, -0.15) is 0 Å². The molecule has 2 aromatic carbocycles. The molecule has 254 valence electrons. The lowest BCUT2D eigenvalue weighted by Crippen LogP contribution is -2.52. The zero-order valence-electron chi connectivity index (χ0n) is 28.0. The topological polar surface area (TPSA) is 121 Å². The first-order valence-electron chi connectivity index (χ1n) is 15.8. The smallest absolute Gasteiger partial charge is 0.305 e. The molecule has 0 unspecified atom stereocenters. The summed E-state index contributed by atoms with van der Waals surface area (Å²) in [6.45, 7) is 13.4. The highest BCUT2D eigenvalue weighted by Crippen LogP contribution is 2.34. The minimum Gasteiger partial charge on any atom is -0.481 e. The standard InChI is InChI=1S/C19H19ClFNO3.C17H27N3O2/c1-10-5-14(20)6-11(2)18(10)13-4-12(3)19(21)15(7-13)16(22-9-23)8-17(24)25;1-13(2)7-9-18-17(21)16-6-4-5-14(19-16)8-10-20-11-15(12-20)22-3/h4-7,9,16H,8H2,1-3H3,(H,22,23)(H,24,25);4-6,13,15H,7-12H2,1-3H3,(H,18,21)/t16-;/m0./s1. The predicted octanol–water partition coefficient (Wildman–Crippen LogP) is 6.06. The van der Waals surface area contributed by atoms with E-state index in [1.807, 2.05) is 38.1 Å². The van der Waals surface area contributed by atoms with Crippen LogP contribution >= 0.6 is 11.6 Å². The Kier molecular flexibility index (Phi) is 14.3. The second-order valence-corrected chi connectivity index (χ2v) is 12.8. The molecule has 0 spiro atoms. The molecular weight excluding hydrogens is 623 g/mol. The number of carboxylic acids is 1. The third-order valence-corrected chi connectivity index (χ3v) is 8.30. The highest BCUT2D eigenvalue weighted by Gasteiger charge is 2.26. The average Bonchev–Trinajstić information content (AvgIpc) is 2.97. The van der Waals surface area contributed by atoms with Crippen LogP contribution in [0.2, 0.25) is 5.02 Å². The number of methoxy groups -OCH3 is 1. The van der Waals surface area contributed by atoms with Gasteiger partial charge in [0.05, 0.1) is 18.6 Å².